The third kappa shape index (κ3) is 3.08. The van der Waals surface area contributed by atoms with Gasteiger partial charge in [0.15, 0.2) is 0 Å². The number of carbonyl (C=O) groups excluding carboxylic acids is 1. The SMILES string of the molecule is O=C(OCC1CCOC1)c1cc(F)cc([N+](=O)[O-])c1F. The minimum absolute atomic E-state index is 0.00256. The second-order valence-electron chi connectivity index (χ2n) is 4.37. The van der Waals surface area contributed by atoms with Crippen LogP contribution in [-0.4, -0.2) is 30.7 Å². The average Bonchev–Trinajstić information content (AvgIpc) is 2.91. The summed E-state index contributed by atoms with van der Waals surface area (Å²) in [5, 5.41) is 10.5. The number of esters is 1. The van der Waals surface area contributed by atoms with Crippen LogP contribution >= 0.6 is 0 Å². The predicted octanol–water partition coefficient (Wildman–Crippen LogP) is 2.07. The molecule has 1 heterocycles. The van der Waals surface area contributed by atoms with E-state index in [2.05, 4.69) is 0 Å². The van der Waals surface area contributed by atoms with Crippen molar-refractivity contribution in [1.29, 1.82) is 0 Å². The van der Waals surface area contributed by atoms with Gasteiger partial charge in [-0.25, -0.2) is 9.18 Å². The largest absolute Gasteiger partial charge is 0.462 e. The Kier molecular flexibility index (Phi) is 4.23. The third-order valence-corrected chi connectivity index (χ3v) is 2.91. The van der Waals surface area contributed by atoms with Crippen LogP contribution in [-0.2, 0) is 9.47 Å². The van der Waals surface area contributed by atoms with E-state index in [-0.39, 0.29) is 12.5 Å². The highest BCUT2D eigenvalue weighted by Gasteiger charge is 2.26. The lowest BCUT2D eigenvalue weighted by atomic mass is 10.1. The monoisotopic (exact) mass is 287 g/mol. The lowest BCUT2D eigenvalue weighted by Gasteiger charge is -2.09. The van der Waals surface area contributed by atoms with Gasteiger partial charge in [0.25, 0.3) is 0 Å². The topological polar surface area (TPSA) is 78.7 Å². The maximum Gasteiger partial charge on any atom is 0.341 e. The van der Waals surface area contributed by atoms with Gasteiger partial charge in [0, 0.05) is 12.5 Å². The van der Waals surface area contributed by atoms with Crippen LogP contribution < -0.4 is 0 Å². The highest BCUT2D eigenvalue weighted by atomic mass is 19.1. The first-order valence-electron chi connectivity index (χ1n) is 5.87. The minimum atomic E-state index is -1.40. The molecule has 2 rings (SSSR count). The zero-order chi connectivity index (χ0) is 14.7. The standard InChI is InChI=1S/C12H11F2NO5/c13-8-3-9(11(14)10(4-8)15(17)18)12(16)20-6-7-1-2-19-5-7/h3-4,7H,1-2,5-6H2. The van der Waals surface area contributed by atoms with E-state index in [1.807, 2.05) is 0 Å². The zero-order valence-corrected chi connectivity index (χ0v) is 10.3. The Hall–Kier alpha value is -2.09. The van der Waals surface area contributed by atoms with Gasteiger partial charge >= 0.3 is 11.7 Å². The van der Waals surface area contributed by atoms with Gasteiger partial charge in [-0.05, 0) is 12.5 Å². The summed E-state index contributed by atoms with van der Waals surface area (Å²) in [5.74, 6) is -3.60. The number of nitrogens with zero attached hydrogens (tertiary/aromatic N) is 1. The maximum atomic E-state index is 13.7. The van der Waals surface area contributed by atoms with Crippen molar-refractivity contribution in [3.05, 3.63) is 39.4 Å². The highest BCUT2D eigenvalue weighted by molar-refractivity contribution is 5.90. The lowest BCUT2D eigenvalue weighted by Crippen LogP contribution is -2.16. The van der Waals surface area contributed by atoms with Crippen LogP contribution in [0.25, 0.3) is 0 Å². The number of nitro benzene ring substituents is 1. The Labute approximate surface area is 112 Å². The quantitative estimate of drug-likeness (QED) is 0.481. The summed E-state index contributed by atoms with van der Waals surface area (Å²) in [6.07, 6.45) is 0.707. The zero-order valence-electron chi connectivity index (χ0n) is 10.3. The van der Waals surface area contributed by atoms with E-state index in [0.717, 1.165) is 0 Å². The van der Waals surface area contributed by atoms with Gasteiger partial charge in [-0.2, -0.15) is 4.39 Å². The number of halogens is 2. The first-order chi connectivity index (χ1) is 9.49. The van der Waals surface area contributed by atoms with E-state index >= 15 is 0 Å². The van der Waals surface area contributed by atoms with Gasteiger partial charge in [-0.3, -0.25) is 10.1 Å². The molecule has 108 valence electrons. The van der Waals surface area contributed by atoms with Crippen LogP contribution in [0.3, 0.4) is 0 Å². The van der Waals surface area contributed by atoms with Gasteiger partial charge in [0.2, 0.25) is 5.82 Å². The number of ether oxygens (including phenoxy) is 2. The van der Waals surface area contributed by atoms with Crippen LogP contribution in [0.1, 0.15) is 16.8 Å². The molecule has 8 heteroatoms. The molecule has 0 N–H and O–H groups in total. The maximum absolute atomic E-state index is 13.7. The molecule has 1 saturated heterocycles. The highest BCUT2D eigenvalue weighted by Crippen LogP contribution is 2.23. The Balaban J connectivity index is 2.14. The Bertz CT molecular complexity index is 543. The molecule has 0 radical (unpaired) electrons. The molecular formula is C12H11F2NO5. The number of hydrogen-bond acceptors (Lipinski definition) is 5. The first-order valence-corrected chi connectivity index (χ1v) is 5.87. The molecular weight excluding hydrogens is 276 g/mol. The minimum Gasteiger partial charge on any atom is -0.462 e. The van der Waals surface area contributed by atoms with Gasteiger partial charge in [0.1, 0.15) is 11.4 Å². The molecule has 1 aliphatic heterocycles. The lowest BCUT2D eigenvalue weighted by molar-refractivity contribution is -0.387. The molecule has 6 nitrogen and oxygen atoms in total. The van der Waals surface area contributed by atoms with Crippen molar-refractivity contribution in [3.8, 4) is 0 Å². The molecule has 1 aromatic rings. The van der Waals surface area contributed by atoms with Crippen molar-refractivity contribution in [2.75, 3.05) is 19.8 Å². The fraction of sp³-hybridized carbons (Fsp3) is 0.417. The summed E-state index contributed by atoms with van der Waals surface area (Å²) in [6.45, 7) is 0.990. The van der Waals surface area contributed by atoms with E-state index < -0.39 is 33.8 Å². The predicted molar refractivity (Wildman–Crippen MR) is 62.2 cm³/mol. The van der Waals surface area contributed by atoms with Gasteiger partial charge in [-0.15, -0.1) is 0 Å². The van der Waals surface area contributed by atoms with Gasteiger partial charge < -0.3 is 9.47 Å². The summed E-state index contributed by atoms with van der Waals surface area (Å²) in [5.41, 5.74) is -1.88. The van der Waals surface area contributed by atoms with E-state index in [1.54, 1.807) is 0 Å². The molecule has 0 aromatic heterocycles. The normalized spacial score (nSPS) is 18.0. The molecule has 1 atom stereocenters. The molecule has 0 aliphatic carbocycles. The number of benzene rings is 1. The second-order valence-corrected chi connectivity index (χ2v) is 4.37. The fourth-order valence-corrected chi connectivity index (χ4v) is 1.84. The third-order valence-electron chi connectivity index (χ3n) is 2.91. The Morgan fingerprint density at radius 3 is 2.85 bits per heavy atom. The van der Waals surface area contributed by atoms with Gasteiger partial charge in [-0.1, -0.05) is 0 Å². The van der Waals surface area contributed by atoms with Crippen molar-refractivity contribution in [2.45, 2.75) is 6.42 Å². The van der Waals surface area contributed by atoms with Crippen LogP contribution in [0.15, 0.2) is 12.1 Å². The van der Waals surface area contributed by atoms with Crippen LogP contribution in [0.2, 0.25) is 0 Å². The van der Waals surface area contributed by atoms with Crippen molar-refractivity contribution in [2.24, 2.45) is 5.92 Å². The van der Waals surface area contributed by atoms with Gasteiger partial charge in [0.05, 0.1) is 24.2 Å². The smallest absolute Gasteiger partial charge is 0.341 e. The van der Waals surface area contributed by atoms with E-state index in [1.165, 1.54) is 0 Å². The number of nitro groups is 1. The number of rotatable bonds is 4. The van der Waals surface area contributed by atoms with Crippen LogP contribution in [0.5, 0.6) is 0 Å². The van der Waals surface area contributed by atoms with Crippen molar-refractivity contribution >= 4 is 11.7 Å². The van der Waals surface area contributed by atoms with Crippen LogP contribution in [0, 0.1) is 27.7 Å². The molecule has 20 heavy (non-hydrogen) atoms. The molecule has 1 aliphatic rings. The molecule has 0 saturated carbocycles. The van der Waals surface area contributed by atoms with Crippen molar-refractivity contribution < 1.29 is 28.0 Å². The molecule has 1 fully saturated rings. The second kappa shape index (κ2) is 5.91. The first kappa shape index (κ1) is 14.3. The summed E-state index contributed by atoms with van der Waals surface area (Å²) in [7, 11) is 0. The molecule has 1 unspecified atom stereocenters. The van der Waals surface area contributed by atoms with Crippen molar-refractivity contribution in [3.63, 3.8) is 0 Å². The summed E-state index contributed by atoms with van der Waals surface area (Å²) in [4.78, 5) is 21.1. The van der Waals surface area contributed by atoms with Crippen molar-refractivity contribution in [1.82, 2.24) is 0 Å². The fourth-order valence-electron chi connectivity index (χ4n) is 1.84. The average molecular weight is 287 g/mol. The molecule has 0 spiro atoms. The van der Waals surface area contributed by atoms with E-state index in [9.17, 15) is 23.7 Å². The summed E-state index contributed by atoms with van der Waals surface area (Å²) < 4.78 is 36.8. The van der Waals surface area contributed by atoms with E-state index in [4.69, 9.17) is 9.47 Å². The molecule has 1 aromatic carbocycles. The number of carbonyl (C=O) groups is 1. The summed E-state index contributed by atoms with van der Waals surface area (Å²) >= 11 is 0. The van der Waals surface area contributed by atoms with E-state index in [0.29, 0.717) is 31.8 Å². The molecule has 0 amide bonds. The number of hydrogen-bond donors (Lipinski definition) is 0. The summed E-state index contributed by atoms with van der Waals surface area (Å²) in [6, 6.07) is 0.993. The Morgan fingerprint density at radius 2 is 2.25 bits per heavy atom. The van der Waals surface area contributed by atoms with Crippen LogP contribution in [0.4, 0.5) is 14.5 Å². The Morgan fingerprint density at radius 1 is 1.50 bits per heavy atom. The molecule has 0 bridgehead atoms.